The molecule has 0 aliphatic carbocycles. The van der Waals surface area contributed by atoms with Crippen molar-refractivity contribution >= 4 is 39.3 Å². The smallest absolute Gasteiger partial charge is 0.341 e. The summed E-state index contributed by atoms with van der Waals surface area (Å²) < 4.78 is 45.6. The molecule has 1 saturated heterocycles. The molecule has 0 spiro atoms. The van der Waals surface area contributed by atoms with Crippen LogP contribution in [0.25, 0.3) is 0 Å². The summed E-state index contributed by atoms with van der Waals surface area (Å²) in [5.74, 6) is -4.38. The highest BCUT2D eigenvalue weighted by molar-refractivity contribution is 7.89. The summed E-state index contributed by atoms with van der Waals surface area (Å²) in [6, 6.07) is 5.51. The summed E-state index contributed by atoms with van der Waals surface area (Å²) in [6.45, 7) is 1.76. The van der Waals surface area contributed by atoms with Crippen LogP contribution in [0.4, 0.5) is 10.2 Å². The second-order valence-corrected chi connectivity index (χ2v) is 9.67. The number of carboxylic acid groups (broad SMARTS) is 1. The Hall–Kier alpha value is -3.43. The van der Waals surface area contributed by atoms with Crippen LogP contribution in [0.3, 0.4) is 0 Å². The number of hydrogen-bond acceptors (Lipinski definition) is 8. The van der Waals surface area contributed by atoms with E-state index < -0.39 is 39.4 Å². The number of carbonyl (C=O) groups excluding carboxylic acids is 1. The number of anilines is 1. The Labute approximate surface area is 200 Å². The van der Waals surface area contributed by atoms with Gasteiger partial charge in [0.1, 0.15) is 17.4 Å². The lowest BCUT2D eigenvalue weighted by molar-refractivity contribution is -0.123. The Bertz CT molecular complexity index is 1310. The number of nitriles is 1. The van der Waals surface area contributed by atoms with Crippen LogP contribution < -0.4 is 14.4 Å². The van der Waals surface area contributed by atoms with Crippen molar-refractivity contribution in [2.75, 3.05) is 25.1 Å². The molecule has 1 aliphatic rings. The van der Waals surface area contributed by atoms with Gasteiger partial charge in [0.25, 0.3) is 0 Å². The molecule has 0 radical (unpaired) electrons. The Morgan fingerprint density at radius 1 is 1.41 bits per heavy atom. The highest BCUT2D eigenvalue weighted by Crippen LogP contribution is 2.34. The molecule has 1 aromatic heterocycles. The number of ether oxygens (including phenoxy) is 1. The van der Waals surface area contributed by atoms with Gasteiger partial charge in [0.05, 0.1) is 24.3 Å². The van der Waals surface area contributed by atoms with E-state index in [1.165, 1.54) is 19.2 Å². The number of carboxylic acids is 1. The number of carbonyl (C=O) groups is 2. The van der Waals surface area contributed by atoms with E-state index in [0.29, 0.717) is 0 Å². The van der Waals surface area contributed by atoms with E-state index in [4.69, 9.17) is 16.3 Å². The van der Waals surface area contributed by atoms with Gasteiger partial charge >= 0.3 is 5.97 Å². The second-order valence-electron chi connectivity index (χ2n) is 7.51. The van der Waals surface area contributed by atoms with Crippen LogP contribution in [0.1, 0.15) is 34.0 Å². The molecule has 2 heterocycles. The molecule has 13 heteroatoms. The molecule has 0 atom stereocenters. The predicted octanol–water partition coefficient (Wildman–Crippen LogP) is 2.10. The van der Waals surface area contributed by atoms with Crippen LogP contribution in [0.2, 0.25) is 5.02 Å². The SMILES string of the molecule is CCc1c(C#N)c(N2CC(C(=O)NS(=O)(=O)Cc3ccc(Cl)cc3F)C2)nc(OC)c1C(=O)O. The van der Waals surface area contributed by atoms with Gasteiger partial charge in [-0.15, -0.1) is 0 Å². The molecule has 0 bridgehead atoms. The first-order valence-corrected chi connectivity index (χ1v) is 12.0. The lowest BCUT2D eigenvalue weighted by Crippen LogP contribution is -2.55. The molecular weight excluding hydrogens is 491 g/mol. The number of amides is 1. The maximum Gasteiger partial charge on any atom is 0.341 e. The quantitative estimate of drug-likeness (QED) is 0.544. The summed E-state index contributed by atoms with van der Waals surface area (Å²) in [5.41, 5.74) is -0.0520. The third kappa shape index (κ3) is 5.05. The number of nitrogens with one attached hydrogen (secondary N) is 1. The predicted molar refractivity (Wildman–Crippen MR) is 120 cm³/mol. The van der Waals surface area contributed by atoms with E-state index >= 15 is 0 Å². The van der Waals surface area contributed by atoms with Gasteiger partial charge in [-0.1, -0.05) is 24.6 Å². The van der Waals surface area contributed by atoms with E-state index in [1.807, 2.05) is 10.8 Å². The second kappa shape index (κ2) is 9.82. The zero-order valence-electron chi connectivity index (χ0n) is 18.1. The molecule has 10 nitrogen and oxygen atoms in total. The summed E-state index contributed by atoms with van der Waals surface area (Å²) in [6.07, 6.45) is 0.230. The minimum absolute atomic E-state index is 0.0388. The van der Waals surface area contributed by atoms with Crippen molar-refractivity contribution in [3.8, 4) is 11.9 Å². The van der Waals surface area contributed by atoms with Crippen molar-refractivity contribution in [2.24, 2.45) is 5.92 Å². The van der Waals surface area contributed by atoms with Crippen LogP contribution in [0.15, 0.2) is 18.2 Å². The highest BCUT2D eigenvalue weighted by atomic mass is 35.5. The normalized spacial score (nSPS) is 13.7. The summed E-state index contributed by atoms with van der Waals surface area (Å²) >= 11 is 5.66. The average molecular weight is 511 g/mol. The number of aromatic carboxylic acids is 1. The monoisotopic (exact) mass is 510 g/mol. The Morgan fingerprint density at radius 3 is 2.62 bits per heavy atom. The van der Waals surface area contributed by atoms with Gasteiger partial charge in [-0.05, 0) is 24.1 Å². The van der Waals surface area contributed by atoms with Crippen LogP contribution >= 0.6 is 11.6 Å². The molecule has 0 saturated carbocycles. The number of hydrogen-bond donors (Lipinski definition) is 2. The van der Waals surface area contributed by atoms with Crippen molar-refractivity contribution in [1.82, 2.24) is 9.71 Å². The third-order valence-corrected chi connectivity index (χ3v) is 6.73. The molecule has 2 N–H and O–H groups in total. The van der Waals surface area contributed by atoms with E-state index in [0.717, 1.165) is 6.07 Å². The Morgan fingerprint density at radius 2 is 2.09 bits per heavy atom. The largest absolute Gasteiger partial charge is 0.480 e. The first-order valence-electron chi connectivity index (χ1n) is 9.98. The van der Waals surface area contributed by atoms with Crippen LogP contribution in [-0.2, 0) is 27.0 Å². The van der Waals surface area contributed by atoms with Crippen LogP contribution in [0.5, 0.6) is 5.88 Å². The minimum Gasteiger partial charge on any atom is -0.480 e. The van der Waals surface area contributed by atoms with E-state index in [-0.39, 0.29) is 58.5 Å². The summed E-state index contributed by atoms with van der Waals surface area (Å²) in [4.78, 5) is 29.8. The lowest BCUT2D eigenvalue weighted by Gasteiger charge is -2.39. The molecule has 1 aromatic carbocycles. The topological polar surface area (TPSA) is 150 Å². The zero-order valence-corrected chi connectivity index (χ0v) is 19.7. The molecule has 0 unspecified atom stereocenters. The number of nitrogens with zero attached hydrogens (tertiary/aromatic N) is 3. The number of sulfonamides is 1. The van der Waals surface area contributed by atoms with Gasteiger partial charge in [0, 0.05) is 23.7 Å². The molecule has 34 heavy (non-hydrogen) atoms. The zero-order chi connectivity index (χ0) is 25.2. The molecule has 1 fully saturated rings. The average Bonchev–Trinajstić information content (AvgIpc) is 2.72. The molecule has 1 amide bonds. The Balaban J connectivity index is 1.75. The van der Waals surface area contributed by atoms with E-state index in [2.05, 4.69) is 4.98 Å². The van der Waals surface area contributed by atoms with Gasteiger partial charge in [0.15, 0.2) is 5.82 Å². The Kier molecular flexibility index (Phi) is 7.28. The lowest BCUT2D eigenvalue weighted by atomic mass is 9.96. The van der Waals surface area contributed by atoms with Crippen molar-refractivity contribution in [1.29, 1.82) is 5.26 Å². The number of methoxy groups -OCH3 is 1. The molecule has 2 aromatic rings. The fraction of sp³-hybridized carbons (Fsp3) is 0.333. The minimum atomic E-state index is -4.18. The van der Waals surface area contributed by atoms with Gasteiger partial charge in [0.2, 0.25) is 21.8 Å². The summed E-state index contributed by atoms with van der Waals surface area (Å²) in [5, 5.41) is 19.2. The fourth-order valence-electron chi connectivity index (χ4n) is 3.60. The number of benzene rings is 1. The van der Waals surface area contributed by atoms with Crippen molar-refractivity contribution in [3.63, 3.8) is 0 Å². The first-order chi connectivity index (χ1) is 16.0. The van der Waals surface area contributed by atoms with E-state index in [1.54, 1.807) is 11.8 Å². The van der Waals surface area contributed by atoms with Crippen LogP contribution in [0, 0.1) is 23.1 Å². The standard InChI is InChI=1S/C21H20ClFN4O6S/c1-3-14-15(7-24)18(25-20(33-2)17(14)21(29)30)27-8-12(9-27)19(28)26-34(31,32)10-11-4-5-13(22)6-16(11)23/h4-6,12H,3,8-10H2,1-2H3,(H,26,28)(H,29,30). The van der Waals surface area contributed by atoms with Crippen molar-refractivity contribution in [3.05, 3.63) is 51.3 Å². The number of halogens is 2. The number of pyridine rings is 1. The van der Waals surface area contributed by atoms with Crippen molar-refractivity contribution in [2.45, 2.75) is 19.1 Å². The van der Waals surface area contributed by atoms with Crippen molar-refractivity contribution < 1.29 is 32.2 Å². The van der Waals surface area contributed by atoms with Gasteiger partial charge in [-0.25, -0.2) is 17.6 Å². The molecule has 180 valence electrons. The van der Waals surface area contributed by atoms with Crippen LogP contribution in [-0.4, -0.2) is 50.6 Å². The third-order valence-electron chi connectivity index (χ3n) is 5.29. The number of aromatic nitrogens is 1. The first kappa shape index (κ1) is 25.2. The summed E-state index contributed by atoms with van der Waals surface area (Å²) in [7, 11) is -2.92. The van der Waals surface area contributed by atoms with Gasteiger partial charge < -0.3 is 14.7 Å². The number of rotatable bonds is 8. The van der Waals surface area contributed by atoms with Gasteiger partial charge in [-0.2, -0.15) is 10.2 Å². The van der Waals surface area contributed by atoms with E-state index in [9.17, 15) is 32.8 Å². The maximum atomic E-state index is 13.9. The van der Waals surface area contributed by atoms with Gasteiger partial charge in [-0.3, -0.25) is 9.52 Å². The fourth-order valence-corrected chi connectivity index (χ4v) is 4.95. The maximum absolute atomic E-state index is 13.9. The molecule has 3 rings (SSSR count). The molecular formula is C21H20ClFN4O6S. The molecule has 1 aliphatic heterocycles. The highest BCUT2D eigenvalue weighted by Gasteiger charge is 2.38.